The van der Waals surface area contributed by atoms with Gasteiger partial charge in [-0.05, 0) is 42.8 Å². The summed E-state index contributed by atoms with van der Waals surface area (Å²) in [6.07, 6.45) is 3.77. The monoisotopic (exact) mass is 355 g/mol. The molecule has 3 rings (SSSR count). The minimum atomic E-state index is -0.00137. The molecule has 1 N–H and O–H groups in total. The van der Waals surface area contributed by atoms with E-state index in [2.05, 4.69) is 10.3 Å². The summed E-state index contributed by atoms with van der Waals surface area (Å²) in [5, 5.41) is 2.90. The summed E-state index contributed by atoms with van der Waals surface area (Å²) in [5.41, 5.74) is 2.68. The van der Waals surface area contributed by atoms with Crippen molar-refractivity contribution in [3.8, 4) is 0 Å². The quantitative estimate of drug-likeness (QED) is 0.773. The number of anilines is 2. The van der Waals surface area contributed by atoms with Gasteiger partial charge in [-0.1, -0.05) is 6.07 Å². The van der Waals surface area contributed by atoms with E-state index in [4.69, 9.17) is 0 Å². The Morgan fingerprint density at radius 3 is 2.72 bits per heavy atom. The summed E-state index contributed by atoms with van der Waals surface area (Å²) in [7, 11) is 0. The smallest absolute Gasteiger partial charge is 0.227 e. The van der Waals surface area contributed by atoms with Gasteiger partial charge in [0.15, 0.2) is 0 Å². The van der Waals surface area contributed by atoms with Crippen molar-refractivity contribution in [1.29, 1.82) is 0 Å². The lowest BCUT2D eigenvalue weighted by molar-refractivity contribution is -0.117. The molecule has 0 radical (unpaired) electrons. The molecule has 0 atom stereocenters. The van der Waals surface area contributed by atoms with Crippen molar-refractivity contribution < 1.29 is 9.59 Å². The molecule has 1 saturated heterocycles. The van der Waals surface area contributed by atoms with Crippen LogP contribution in [0.2, 0.25) is 0 Å². The minimum Gasteiger partial charge on any atom is -0.326 e. The molecule has 1 fully saturated rings. The number of rotatable bonds is 7. The maximum absolute atomic E-state index is 12.0. The Balaban J connectivity index is 1.41. The maximum atomic E-state index is 12.0. The SMILES string of the molecule is O=C(CCSCc1ccccn1)Nc1ccc(N2CCCC2=O)cc1. The zero-order chi connectivity index (χ0) is 17.5. The largest absolute Gasteiger partial charge is 0.326 e. The third-order valence-corrected chi connectivity index (χ3v) is 4.98. The molecule has 25 heavy (non-hydrogen) atoms. The number of thioether (sulfide) groups is 1. The van der Waals surface area contributed by atoms with Crippen LogP contribution in [-0.2, 0) is 15.3 Å². The molecule has 0 spiro atoms. The fourth-order valence-electron chi connectivity index (χ4n) is 2.69. The summed E-state index contributed by atoms with van der Waals surface area (Å²) in [4.78, 5) is 29.8. The highest BCUT2D eigenvalue weighted by Gasteiger charge is 2.21. The second-order valence-electron chi connectivity index (χ2n) is 5.87. The zero-order valence-corrected chi connectivity index (χ0v) is 14.8. The molecule has 0 aliphatic carbocycles. The molecular weight excluding hydrogens is 334 g/mol. The van der Waals surface area contributed by atoms with Gasteiger partial charge in [-0.3, -0.25) is 14.6 Å². The van der Waals surface area contributed by atoms with Crippen LogP contribution in [0.1, 0.15) is 25.0 Å². The van der Waals surface area contributed by atoms with Gasteiger partial charge in [0.05, 0.1) is 5.69 Å². The number of amides is 2. The fourth-order valence-corrected chi connectivity index (χ4v) is 3.55. The van der Waals surface area contributed by atoms with Gasteiger partial charge in [0.2, 0.25) is 11.8 Å². The molecule has 0 bridgehead atoms. The highest BCUT2D eigenvalue weighted by molar-refractivity contribution is 7.98. The van der Waals surface area contributed by atoms with E-state index in [0.717, 1.165) is 41.5 Å². The molecule has 1 aromatic heterocycles. The first kappa shape index (κ1) is 17.5. The summed E-state index contributed by atoms with van der Waals surface area (Å²) < 4.78 is 0. The van der Waals surface area contributed by atoms with Crippen molar-refractivity contribution in [2.45, 2.75) is 25.0 Å². The topological polar surface area (TPSA) is 62.3 Å². The van der Waals surface area contributed by atoms with Crippen LogP contribution in [0.5, 0.6) is 0 Å². The van der Waals surface area contributed by atoms with Gasteiger partial charge < -0.3 is 10.2 Å². The van der Waals surface area contributed by atoms with Crippen LogP contribution >= 0.6 is 11.8 Å². The van der Waals surface area contributed by atoms with Crippen LogP contribution in [0.4, 0.5) is 11.4 Å². The van der Waals surface area contributed by atoms with Crippen molar-refractivity contribution >= 4 is 35.0 Å². The van der Waals surface area contributed by atoms with Gasteiger partial charge in [-0.25, -0.2) is 0 Å². The fraction of sp³-hybridized carbons (Fsp3) is 0.316. The van der Waals surface area contributed by atoms with Crippen LogP contribution in [0.15, 0.2) is 48.7 Å². The Hall–Kier alpha value is -2.34. The number of pyridine rings is 1. The molecule has 0 saturated carbocycles. The molecule has 0 unspecified atom stereocenters. The normalized spacial score (nSPS) is 13.9. The summed E-state index contributed by atoms with van der Waals surface area (Å²) in [6.45, 7) is 0.776. The van der Waals surface area contributed by atoms with Gasteiger partial charge >= 0.3 is 0 Å². The molecular formula is C19H21N3O2S. The van der Waals surface area contributed by atoms with Crippen molar-refractivity contribution in [1.82, 2.24) is 4.98 Å². The van der Waals surface area contributed by atoms with Crippen molar-refractivity contribution in [2.75, 3.05) is 22.5 Å². The molecule has 1 aliphatic heterocycles. The predicted octanol–water partition coefficient (Wildman–Crippen LogP) is 3.47. The van der Waals surface area contributed by atoms with Gasteiger partial charge in [0.25, 0.3) is 0 Å². The first-order valence-electron chi connectivity index (χ1n) is 8.40. The van der Waals surface area contributed by atoms with E-state index in [9.17, 15) is 9.59 Å². The lowest BCUT2D eigenvalue weighted by atomic mass is 10.2. The van der Waals surface area contributed by atoms with Gasteiger partial charge in [0.1, 0.15) is 0 Å². The Kier molecular flexibility index (Phi) is 6.06. The summed E-state index contributed by atoms with van der Waals surface area (Å²) in [5.74, 6) is 1.73. The standard InChI is InChI=1S/C19H21N3O2S/c23-18(10-13-25-14-16-4-1-2-11-20-16)21-15-6-8-17(9-7-15)22-12-3-5-19(22)24/h1-2,4,6-9,11H,3,5,10,12-14H2,(H,21,23). The highest BCUT2D eigenvalue weighted by Crippen LogP contribution is 2.23. The molecule has 2 amide bonds. The lowest BCUT2D eigenvalue weighted by Crippen LogP contribution is -2.23. The van der Waals surface area contributed by atoms with Crippen LogP contribution in [0.25, 0.3) is 0 Å². The van der Waals surface area contributed by atoms with Crippen molar-refractivity contribution in [2.24, 2.45) is 0 Å². The number of aromatic nitrogens is 1. The van der Waals surface area contributed by atoms with Crippen LogP contribution in [0.3, 0.4) is 0 Å². The van der Waals surface area contributed by atoms with Crippen LogP contribution in [0, 0.1) is 0 Å². The molecule has 2 heterocycles. The van der Waals surface area contributed by atoms with E-state index in [1.54, 1.807) is 22.9 Å². The molecule has 6 heteroatoms. The zero-order valence-electron chi connectivity index (χ0n) is 14.0. The minimum absolute atomic E-state index is 0.00137. The summed E-state index contributed by atoms with van der Waals surface area (Å²) in [6, 6.07) is 13.3. The average molecular weight is 355 g/mol. The van der Waals surface area contributed by atoms with E-state index < -0.39 is 0 Å². The van der Waals surface area contributed by atoms with Crippen molar-refractivity contribution in [3.05, 3.63) is 54.4 Å². The highest BCUT2D eigenvalue weighted by atomic mass is 32.2. The van der Waals surface area contributed by atoms with E-state index in [-0.39, 0.29) is 11.8 Å². The van der Waals surface area contributed by atoms with E-state index in [1.165, 1.54) is 0 Å². The van der Waals surface area contributed by atoms with E-state index in [1.807, 2.05) is 42.5 Å². The van der Waals surface area contributed by atoms with Gasteiger partial charge in [-0.15, -0.1) is 0 Å². The third-order valence-electron chi connectivity index (χ3n) is 3.99. The third kappa shape index (κ3) is 5.06. The second kappa shape index (κ2) is 8.67. The number of nitrogens with one attached hydrogen (secondary N) is 1. The van der Waals surface area contributed by atoms with Gasteiger partial charge in [0, 0.05) is 48.5 Å². The molecule has 130 valence electrons. The second-order valence-corrected chi connectivity index (χ2v) is 6.97. The Morgan fingerprint density at radius 1 is 1.20 bits per heavy atom. The van der Waals surface area contributed by atoms with E-state index in [0.29, 0.717) is 12.8 Å². The number of carbonyl (C=O) groups excluding carboxylic acids is 2. The van der Waals surface area contributed by atoms with Crippen LogP contribution < -0.4 is 10.2 Å². The lowest BCUT2D eigenvalue weighted by Gasteiger charge is -2.16. The van der Waals surface area contributed by atoms with Crippen molar-refractivity contribution in [3.63, 3.8) is 0 Å². The number of nitrogens with zero attached hydrogens (tertiary/aromatic N) is 2. The first-order valence-corrected chi connectivity index (χ1v) is 9.56. The molecule has 2 aromatic rings. The molecule has 5 nitrogen and oxygen atoms in total. The molecule has 1 aromatic carbocycles. The predicted molar refractivity (Wildman–Crippen MR) is 102 cm³/mol. The van der Waals surface area contributed by atoms with Crippen LogP contribution in [-0.4, -0.2) is 29.1 Å². The number of carbonyl (C=O) groups is 2. The number of hydrogen-bond acceptors (Lipinski definition) is 4. The Labute approximate surface area is 151 Å². The maximum Gasteiger partial charge on any atom is 0.227 e. The number of hydrogen-bond donors (Lipinski definition) is 1. The van der Waals surface area contributed by atoms with E-state index >= 15 is 0 Å². The summed E-state index contributed by atoms with van der Waals surface area (Å²) >= 11 is 1.70. The first-order chi connectivity index (χ1) is 12.2. The Bertz CT molecular complexity index is 719. The Morgan fingerprint density at radius 2 is 2.04 bits per heavy atom. The molecule has 1 aliphatic rings. The average Bonchev–Trinajstić information content (AvgIpc) is 3.06. The van der Waals surface area contributed by atoms with Gasteiger partial charge in [-0.2, -0.15) is 11.8 Å². The number of benzene rings is 1.